The van der Waals surface area contributed by atoms with Gasteiger partial charge in [-0.2, -0.15) is 0 Å². The summed E-state index contributed by atoms with van der Waals surface area (Å²) in [6.45, 7) is 1.60. The maximum Gasteiger partial charge on any atom is 0.185 e. The van der Waals surface area contributed by atoms with Crippen LogP contribution < -0.4 is 0 Å². The van der Waals surface area contributed by atoms with E-state index in [1.165, 1.54) is 36.4 Å². The third-order valence-corrected chi connectivity index (χ3v) is 4.31. The Labute approximate surface area is 129 Å². The molecular formula is C17H15FO3S. The highest BCUT2D eigenvalue weighted by molar-refractivity contribution is 7.90. The van der Waals surface area contributed by atoms with Crippen molar-refractivity contribution in [3.8, 4) is 0 Å². The summed E-state index contributed by atoms with van der Waals surface area (Å²) < 4.78 is 35.9. The van der Waals surface area contributed by atoms with Crippen LogP contribution in [0.25, 0.3) is 6.08 Å². The Bertz CT molecular complexity index is 835. The molecule has 114 valence electrons. The van der Waals surface area contributed by atoms with Crippen molar-refractivity contribution >= 4 is 21.7 Å². The Kier molecular flexibility index (Phi) is 4.56. The van der Waals surface area contributed by atoms with Crippen LogP contribution in [-0.4, -0.2) is 20.5 Å². The molecule has 0 unspecified atom stereocenters. The highest BCUT2D eigenvalue weighted by Crippen LogP contribution is 2.13. The first kappa shape index (κ1) is 16.1. The summed E-state index contributed by atoms with van der Waals surface area (Å²) in [7, 11) is -3.23. The molecule has 0 fully saturated rings. The molecule has 0 heterocycles. The van der Waals surface area contributed by atoms with E-state index >= 15 is 0 Å². The Morgan fingerprint density at radius 1 is 1.09 bits per heavy atom. The molecule has 0 aliphatic heterocycles. The monoisotopic (exact) mass is 318 g/mol. The normalized spacial score (nSPS) is 11.8. The molecule has 0 bridgehead atoms. The molecule has 2 aromatic carbocycles. The van der Waals surface area contributed by atoms with Crippen molar-refractivity contribution in [1.29, 1.82) is 0 Å². The van der Waals surface area contributed by atoms with Gasteiger partial charge in [0.25, 0.3) is 0 Å². The number of sulfone groups is 1. The second-order valence-electron chi connectivity index (χ2n) is 5.00. The van der Waals surface area contributed by atoms with Crippen LogP contribution in [-0.2, 0) is 9.84 Å². The molecule has 2 aromatic rings. The van der Waals surface area contributed by atoms with E-state index in [0.717, 1.165) is 6.26 Å². The van der Waals surface area contributed by atoms with E-state index in [-0.39, 0.29) is 16.5 Å². The summed E-state index contributed by atoms with van der Waals surface area (Å²) in [6, 6.07) is 10.4. The summed E-state index contributed by atoms with van der Waals surface area (Å²) in [6.07, 6.45) is 4.10. The summed E-state index contributed by atoms with van der Waals surface area (Å²) in [5, 5.41) is 0. The van der Waals surface area contributed by atoms with Gasteiger partial charge in [-0.1, -0.05) is 18.2 Å². The van der Waals surface area contributed by atoms with Crippen LogP contribution in [0.1, 0.15) is 21.5 Å². The second kappa shape index (κ2) is 6.23. The van der Waals surface area contributed by atoms with E-state index in [2.05, 4.69) is 0 Å². The fourth-order valence-corrected chi connectivity index (χ4v) is 2.52. The van der Waals surface area contributed by atoms with E-state index < -0.39 is 9.84 Å². The number of hydrogen-bond donors (Lipinski definition) is 0. The van der Waals surface area contributed by atoms with Crippen molar-refractivity contribution in [2.75, 3.05) is 6.26 Å². The predicted octanol–water partition coefficient (Wildman–Crippen LogP) is 3.43. The summed E-state index contributed by atoms with van der Waals surface area (Å²) >= 11 is 0. The van der Waals surface area contributed by atoms with Gasteiger partial charge in [-0.05, 0) is 54.5 Å². The number of aryl methyl sites for hydroxylation is 1. The van der Waals surface area contributed by atoms with Gasteiger partial charge in [-0.15, -0.1) is 0 Å². The third-order valence-electron chi connectivity index (χ3n) is 3.18. The van der Waals surface area contributed by atoms with Gasteiger partial charge < -0.3 is 0 Å². The molecule has 2 rings (SSSR count). The molecule has 0 atom stereocenters. The van der Waals surface area contributed by atoms with Gasteiger partial charge >= 0.3 is 0 Å². The summed E-state index contributed by atoms with van der Waals surface area (Å²) in [4.78, 5) is 12.2. The van der Waals surface area contributed by atoms with E-state index in [0.29, 0.717) is 16.7 Å². The van der Waals surface area contributed by atoms with E-state index in [1.54, 1.807) is 25.1 Å². The fraction of sp³-hybridized carbons (Fsp3) is 0.118. The SMILES string of the molecule is Cc1cc(C(=O)C=Cc2ccc(S(C)(=O)=O)cc2)ccc1F. The molecular weight excluding hydrogens is 303 g/mol. The van der Waals surface area contributed by atoms with Gasteiger partial charge in [0.15, 0.2) is 15.6 Å². The fourth-order valence-electron chi connectivity index (χ4n) is 1.89. The number of carbonyl (C=O) groups is 1. The van der Waals surface area contributed by atoms with Crippen LogP contribution in [0.5, 0.6) is 0 Å². The van der Waals surface area contributed by atoms with Crippen molar-refractivity contribution in [2.24, 2.45) is 0 Å². The minimum atomic E-state index is -3.23. The topological polar surface area (TPSA) is 51.2 Å². The van der Waals surface area contributed by atoms with Gasteiger partial charge in [-0.25, -0.2) is 12.8 Å². The molecule has 0 radical (unpaired) electrons. The van der Waals surface area contributed by atoms with Gasteiger partial charge in [0.2, 0.25) is 0 Å². The van der Waals surface area contributed by atoms with Crippen LogP contribution in [0.4, 0.5) is 4.39 Å². The Balaban J connectivity index is 2.17. The van der Waals surface area contributed by atoms with Gasteiger partial charge in [0.1, 0.15) is 5.82 Å². The highest BCUT2D eigenvalue weighted by atomic mass is 32.2. The zero-order valence-corrected chi connectivity index (χ0v) is 13.0. The van der Waals surface area contributed by atoms with Gasteiger partial charge in [0.05, 0.1) is 4.90 Å². The first-order valence-corrected chi connectivity index (χ1v) is 8.45. The number of rotatable bonds is 4. The number of hydrogen-bond acceptors (Lipinski definition) is 3. The second-order valence-corrected chi connectivity index (χ2v) is 7.02. The Morgan fingerprint density at radius 3 is 2.27 bits per heavy atom. The van der Waals surface area contributed by atoms with Crippen molar-refractivity contribution in [3.63, 3.8) is 0 Å². The molecule has 0 saturated heterocycles. The van der Waals surface area contributed by atoms with Crippen molar-refractivity contribution in [3.05, 3.63) is 71.0 Å². The van der Waals surface area contributed by atoms with E-state index in [1.807, 2.05) is 0 Å². The number of benzene rings is 2. The number of halogens is 1. The maximum absolute atomic E-state index is 13.2. The molecule has 0 aliphatic rings. The van der Waals surface area contributed by atoms with Crippen LogP contribution >= 0.6 is 0 Å². The number of ketones is 1. The van der Waals surface area contributed by atoms with Gasteiger partial charge in [0, 0.05) is 11.8 Å². The third kappa shape index (κ3) is 3.89. The molecule has 5 heteroatoms. The van der Waals surface area contributed by atoms with E-state index in [9.17, 15) is 17.6 Å². The molecule has 0 spiro atoms. The molecule has 0 amide bonds. The molecule has 0 aromatic heterocycles. The predicted molar refractivity (Wildman–Crippen MR) is 84.1 cm³/mol. The average Bonchev–Trinajstić information content (AvgIpc) is 2.47. The van der Waals surface area contributed by atoms with Crippen LogP contribution in [0.2, 0.25) is 0 Å². The maximum atomic E-state index is 13.2. The standard InChI is InChI=1S/C17H15FO3S/c1-12-11-14(6-9-16(12)18)17(19)10-5-13-3-7-15(8-4-13)22(2,20)21/h3-11H,1-2H3. The molecule has 0 aliphatic carbocycles. The number of allylic oxidation sites excluding steroid dienone is 1. The lowest BCUT2D eigenvalue weighted by atomic mass is 10.1. The largest absolute Gasteiger partial charge is 0.289 e. The minimum Gasteiger partial charge on any atom is -0.289 e. The van der Waals surface area contributed by atoms with Crippen LogP contribution in [0.15, 0.2) is 53.4 Å². The zero-order valence-electron chi connectivity index (χ0n) is 12.2. The molecule has 0 N–H and O–H groups in total. The Morgan fingerprint density at radius 2 is 1.73 bits per heavy atom. The van der Waals surface area contributed by atoms with Crippen molar-refractivity contribution in [1.82, 2.24) is 0 Å². The quantitative estimate of drug-likeness (QED) is 0.641. The Hall–Kier alpha value is -2.27. The minimum absolute atomic E-state index is 0.227. The zero-order chi connectivity index (χ0) is 16.3. The van der Waals surface area contributed by atoms with Crippen LogP contribution in [0.3, 0.4) is 0 Å². The molecule has 3 nitrogen and oxygen atoms in total. The molecule has 0 saturated carbocycles. The van der Waals surface area contributed by atoms with Gasteiger partial charge in [-0.3, -0.25) is 4.79 Å². The summed E-state index contributed by atoms with van der Waals surface area (Å²) in [5.74, 6) is -0.591. The lowest BCUT2D eigenvalue weighted by Gasteiger charge is -2.00. The number of carbonyl (C=O) groups excluding carboxylic acids is 1. The lowest BCUT2D eigenvalue weighted by Crippen LogP contribution is -1.97. The summed E-state index contributed by atoms with van der Waals surface area (Å²) in [5.41, 5.74) is 1.53. The average molecular weight is 318 g/mol. The lowest BCUT2D eigenvalue weighted by molar-refractivity contribution is 0.104. The van der Waals surface area contributed by atoms with Crippen molar-refractivity contribution in [2.45, 2.75) is 11.8 Å². The first-order chi connectivity index (χ1) is 10.3. The van der Waals surface area contributed by atoms with Crippen LogP contribution in [0, 0.1) is 12.7 Å². The highest BCUT2D eigenvalue weighted by Gasteiger charge is 2.06. The molecule has 22 heavy (non-hydrogen) atoms. The van der Waals surface area contributed by atoms with Crippen molar-refractivity contribution < 1.29 is 17.6 Å². The van der Waals surface area contributed by atoms with E-state index in [4.69, 9.17) is 0 Å². The first-order valence-electron chi connectivity index (χ1n) is 6.56. The smallest absolute Gasteiger partial charge is 0.185 e.